The maximum absolute atomic E-state index is 5.72. The summed E-state index contributed by atoms with van der Waals surface area (Å²) in [5.41, 5.74) is 0.960. The summed E-state index contributed by atoms with van der Waals surface area (Å²) in [6, 6.07) is 7.81. The van der Waals surface area contributed by atoms with E-state index in [-0.39, 0.29) is 0 Å². The Balaban J connectivity index is 2.44. The number of benzene rings is 1. The summed E-state index contributed by atoms with van der Waals surface area (Å²) in [6.07, 6.45) is 1.50. The van der Waals surface area contributed by atoms with Gasteiger partial charge in [-0.15, -0.1) is 11.6 Å². The Bertz CT molecular complexity index is 424. The van der Waals surface area contributed by atoms with Crippen LogP contribution in [0.25, 0.3) is 5.69 Å². The molecule has 0 bridgehead atoms. The predicted octanol–water partition coefficient (Wildman–Crippen LogP) is 2.77. The zero-order valence-corrected chi connectivity index (χ0v) is 9.53. The summed E-state index contributed by atoms with van der Waals surface area (Å²) < 4.78 is 2.76. The predicted molar refractivity (Wildman–Crippen MR) is 58.6 cm³/mol. The maximum Gasteiger partial charge on any atom is 0.147 e. The molecule has 1 heterocycles. The first-order chi connectivity index (χ1) is 6.81. The van der Waals surface area contributed by atoms with Gasteiger partial charge in [-0.3, -0.25) is 0 Å². The largest absolute Gasteiger partial charge is 0.218 e. The zero-order chi connectivity index (χ0) is 9.97. The van der Waals surface area contributed by atoms with Crippen molar-refractivity contribution in [1.82, 2.24) is 14.8 Å². The number of hydrogen-bond donors (Lipinski definition) is 0. The Morgan fingerprint density at radius 1 is 1.29 bits per heavy atom. The third-order valence-corrected chi connectivity index (χ3v) is 2.58. The third-order valence-electron chi connectivity index (χ3n) is 1.81. The minimum absolute atomic E-state index is 0.357. The van der Waals surface area contributed by atoms with Crippen molar-refractivity contribution in [1.29, 1.82) is 0 Å². The molecule has 3 nitrogen and oxygen atoms in total. The highest BCUT2D eigenvalue weighted by Gasteiger charge is 2.04. The van der Waals surface area contributed by atoms with Gasteiger partial charge in [0.1, 0.15) is 12.2 Å². The monoisotopic (exact) mass is 271 g/mol. The lowest BCUT2D eigenvalue weighted by molar-refractivity contribution is 0.832. The molecule has 5 heteroatoms. The molecule has 0 radical (unpaired) electrons. The molecule has 72 valence electrons. The van der Waals surface area contributed by atoms with E-state index in [1.165, 1.54) is 6.33 Å². The molecule has 0 N–H and O–H groups in total. The first-order valence-electron chi connectivity index (χ1n) is 4.02. The van der Waals surface area contributed by atoms with E-state index in [4.69, 9.17) is 11.6 Å². The molecule has 0 amide bonds. The summed E-state index contributed by atoms with van der Waals surface area (Å²) in [4.78, 5) is 4.04. The molecule has 0 atom stereocenters. The fraction of sp³-hybridized carbons (Fsp3) is 0.111. The van der Waals surface area contributed by atoms with Gasteiger partial charge >= 0.3 is 0 Å². The molecule has 2 aromatic rings. The van der Waals surface area contributed by atoms with Crippen LogP contribution in [-0.4, -0.2) is 14.8 Å². The van der Waals surface area contributed by atoms with Crippen LogP contribution in [0.1, 0.15) is 5.82 Å². The van der Waals surface area contributed by atoms with E-state index in [1.807, 2.05) is 24.3 Å². The van der Waals surface area contributed by atoms with Crippen molar-refractivity contribution in [2.75, 3.05) is 0 Å². The van der Waals surface area contributed by atoms with Crippen molar-refractivity contribution in [3.05, 3.63) is 40.9 Å². The average Bonchev–Trinajstić information content (AvgIpc) is 2.67. The van der Waals surface area contributed by atoms with Crippen LogP contribution < -0.4 is 0 Å². The SMILES string of the molecule is ClCc1ncnn1-c1ccc(Br)cc1. The van der Waals surface area contributed by atoms with Gasteiger partial charge in [-0.1, -0.05) is 15.9 Å². The highest BCUT2D eigenvalue weighted by molar-refractivity contribution is 9.10. The average molecular weight is 273 g/mol. The summed E-state index contributed by atoms with van der Waals surface area (Å²) in [5, 5.41) is 4.09. The first-order valence-corrected chi connectivity index (χ1v) is 5.35. The van der Waals surface area contributed by atoms with Crippen molar-refractivity contribution in [3.8, 4) is 5.69 Å². The van der Waals surface area contributed by atoms with E-state index in [9.17, 15) is 0 Å². The lowest BCUT2D eigenvalue weighted by Crippen LogP contribution is -2.00. The third kappa shape index (κ3) is 1.81. The van der Waals surface area contributed by atoms with E-state index < -0.39 is 0 Å². The van der Waals surface area contributed by atoms with Crippen molar-refractivity contribution < 1.29 is 0 Å². The molecule has 1 aromatic heterocycles. The van der Waals surface area contributed by atoms with Crippen LogP contribution in [0.5, 0.6) is 0 Å². The van der Waals surface area contributed by atoms with Crippen LogP contribution in [0.15, 0.2) is 35.1 Å². The summed E-state index contributed by atoms with van der Waals surface area (Å²) in [5.74, 6) is 1.10. The summed E-state index contributed by atoms with van der Waals surface area (Å²) >= 11 is 9.09. The Hall–Kier alpha value is -0.870. The molecule has 0 saturated carbocycles. The molecular formula is C9H7BrClN3. The van der Waals surface area contributed by atoms with Crippen LogP contribution in [0.4, 0.5) is 0 Å². The van der Waals surface area contributed by atoms with Gasteiger partial charge in [0.2, 0.25) is 0 Å². The fourth-order valence-corrected chi connectivity index (χ4v) is 1.60. The second-order valence-electron chi connectivity index (χ2n) is 2.70. The van der Waals surface area contributed by atoms with E-state index in [0.717, 1.165) is 16.0 Å². The van der Waals surface area contributed by atoms with Gasteiger partial charge < -0.3 is 0 Å². The van der Waals surface area contributed by atoms with Gasteiger partial charge in [0.25, 0.3) is 0 Å². The molecule has 0 aliphatic heterocycles. The molecule has 14 heavy (non-hydrogen) atoms. The van der Waals surface area contributed by atoms with Gasteiger partial charge in [0, 0.05) is 4.47 Å². The van der Waals surface area contributed by atoms with Gasteiger partial charge in [-0.2, -0.15) is 5.10 Å². The van der Waals surface area contributed by atoms with E-state index in [1.54, 1.807) is 4.68 Å². The minimum atomic E-state index is 0.357. The number of alkyl halides is 1. The number of halogens is 2. The zero-order valence-electron chi connectivity index (χ0n) is 7.19. The Kier molecular flexibility index (Phi) is 2.84. The molecule has 2 rings (SSSR count). The lowest BCUT2D eigenvalue weighted by atomic mass is 10.3. The number of hydrogen-bond acceptors (Lipinski definition) is 2. The summed E-state index contributed by atoms with van der Waals surface area (Å²) in [6.45, 7) is 0. The maximum atomic E-state index is 5.72. The van der Waals surface area contributed by atoms with Crippen LogP contribution in [0.2, 0.25) is 0 Å². The molecule has 0 aliphatic rings. The topological polar surface area (TPSA) is 30.7 Å². The lowest BCUT2D eigenvalue weighted by Gasteiger charge is -2.03. The van der Waals surface area contributed by atoms with Crippen LogP contribution >= 0.6 is 27.5 Å². The van der Waals surface area contributed by atoms with E-state index >= 15 is 0 Å². The normalized spacial score (nSPS) is 10.4. The van der Waals surface area contributed by atoms with Crippen molar-refractivity contribution in [2.24, 2.45) is 0 Å². The van der Waals surface area contributed by atoms with Crippen molar-refractivity contribution in [3.63, 3.8) is 0 Å². The van der Waals surface area contributed by atoms with Crippen LogP contribution in [0, 0.1) is 0 Å². The molecule has 0 fully saturated rings. The highest BCUT2D eigenvalue weighted by Crippen LogP contribution is 2.14. The first kappa shape index (κ1) is 9.68. The molecule has 0 spiro atoms. The van der Waals surface area contributed by atoms with Gasteiger partial charge in [0.05, 0.1) is 11.6 Å². The van der Waals surface area contributed by atoms with E-state index in [2.05, 4.69) is 26.0 Å². The molecule has 0 aliphatic carbocycles. The van der Waals surface area contributed by atoms with Gasteiger partial charge in [-0.25, -0.2) is 9.67 Å². The van der Waals surface area contributed by atoms with Gasteiger partial charge in [-0.05, 0) is 24.3 Å². The second kappa shape index (κ2) is 4.11. The van der Waals surface area contributed by atoms with Crippen LogP contribution in [0.3, 0.4) is 0 Å². The van der Waals surface area contributed by atoms with Gasteiger partial charge in [0.15, 0.2) is 0 Å². The van der Waals surface area contributed by atoms with Crippen molar-refractivity contribution >= 4 is 27.5 Å². The second-order valence-corrected chi connectivity index (χ2v) is 3.88. The Morgan fingerprint density at radius 3 is 2.64 bits per heavy atom. The number of nitrogens with zero attached hydrogens (tertiary/aromatic N) is 3. The van der Waals surface area contributed by atoms with Crippen LogP contribution in [-0.2, 0) is 5.88 Å². The fourth-order valence-electron chi connectivity index (χ4n) is 1.15. The minimum Gasteiger partial charge on any atom is -0.218 e. The van der Waals surface area contributed by atoms with Crippen molar-refractivity contribution in [2.45, 2.75) is 5.88 Å². The molecule has 0 unspecified atom stereocenters. The number of rotatable bonds is 2. The Morgan fingerprint density at radius 2 is 2.00 bits per heavy atom. The number of aromatic nitrogens is 3. The standard InChI is InChI=1S/C9H7BrClN3/c10-7-1-3-8(4-2-7)14-9(5-11)12-6-13-14/h1-4,6H,5H2. The smallest absolute Gasteiger partial charge is 0.147 e. The highest BCUT2D eigenvalue weighted by atomic mass is 79.9. The van der Waals surface area contributed by atoms with E-state index in [0.29, 0.717) is 5.88 Å². The quantitative estimate of drug-likeness (QED) is 0.787. The molecule has 0 saturated heterocycles. The molecule has 1 aromatic carbocycles. The Labute approximate surface area is 94.9 Å². The summed E-state index contributed by atoms with van der Waals surface area (Å²) in [7, 11) is 0. The molecular weight excluding hydrogens is 265 g/mol.